The van der Waals surface area contributed by atoms with E-state index in [1.54, 1.807) is 0 Å². The van der Waals surface area contributed by atoms with Crippen LogP contribution in [0.2, 0.25) is 0 Å². The van der Waals surface area contributed by atoms with Crippen LogP contribution in [0.3, 0.4) is 0 Å². The standard InChI is InChI=1S/C26H24N4/c1-3-9-19(10-4-1)16-27-24(15-21-17-28-23-14-8-7-13-22(21)23)26-29-18-25(30-26)20-11-5-2-6-12-20/h1-14,17-18,24,27-28H,15-16H2,(H,29,30)/t24-/m0/s1. The molecular weight excluding hydrogens is 368 g/mol. The summed E-state index contributed by atoms with van der Waals surface area (Å²) >= 11 is 0. The average molecular weight is 393 g/mol. The van der Waals surface area contributed by atoms with Crippen molar-refractivity contribution < 1.29 is 0 Å². The molecule has 3 N–H and O–H groups in total. The average Bonchev–Trinajstić information content (AvgIpc) is 3.46. The van der Waals surface area contributed by atoms with Gasteiger partial charge in [0.15, 0.2) is 0 Å². The molecule has 0 fully saturated rings. The highest BCUT2D eigenvalue weighted by Crippen LogP contribution is 2.25. The molecule has 5 rings (SSSR count). The molecule has 0 bridgehead atoms. The summed E-state index contributed by atoms with van der Waals surface area (Å²) in [5.74, 6) is 0.954. The molecular formula is C26H24N4. The van der Waals surface area contributed by atoms with Crippen LogP contribution >= 0.6 is 0 Å². The highest BCUT2D eigenvalue weighted by atomic mass is 15.0. The molecule has 148 valence electrons. The van der Waals surface area contributed by atoms with E-state index in [-0.39, 0.29) is 6.04 Å². The number of benzene rings is 3. The van der Waals surface area contributed by atoms with Crippen LogP contribution in [-0.2, 0) is 13.0 Å². The van der Waals surface area contributed by atoms with Gasteiger partial charge in [0.25, 0.3) is 0 Å². The first-order valence-corrected chi connectivity index (χ1v) is 10.3. The largest absolute Gasteiger partial charge is 0.361 e. The van der Waals surface area contributed by atoms with Gasteiger partial charge >= 0.3 is 0 Å². The van der Waals surface area contributed by atoms with Gasteiger partial charge in [-0.05, 0) is 23.6 Å². The molecule has 5 aromatic rings. The van der Waals surface area contributed by atoms with E-state index in [1.165, 1.54) is 22.0 Å². The summed E-state index contributed by atoms with van der Waals surface area (Å²) in [7, 11) is 0. The second-order valence-corrected chi connectivity index (χ2v) is 7.52. The first-order valence-electron chi connectivity index (χ1n) is 10.3. The smallest absolute Gasteiger partial charge is 0.124 e. The molecule has 4 nitrogen and oxygen atoms in total. The molecule has 3 aromatic carbocycles. The lowest BCUT2D eigenvalue weighted by atomic mass is 10.0. The number of fused-ring (bicyclic) bond motifs is 1. The van der Waals surface area contributed by atoms with Gasteiger partial charge in [-0.25, -0.2) is 4.98 Å². The Morgan fingerprint density at radius 3 is 2.33 bits per heavy atom. The van der Waals surface area contributed by atoms with E-state index < -0.39 is 0 Å². The Labute approximate surface area is 176 Å². The van der Waals surface area contributed by atoms with Crippen LogP contribution in [0.15, 0.2) is 97.3 Å². The van der Waals surface area contributed by atoms with Gasteiger partial charge in [-0.15, -0.1) is 0 Å². The molecule has 30 heavy (non-hydrogen) atoms. The van der Waals surface area contributed by atoms with Crippen molar-refractivity contribution in [2.24, 2.45) is 0 Å². The molecule has 0 aliphatic heterocycles. The van der Waals surface area contributed by atoms with Crippen molar-refractivity contribution in [2.75, 3.05) is 0 Å². The number of nitrogens with zero attached hydrogens (tertiary/aromatic N) is 1. The number of hydrogen-bond donors (Lipinski definition) is 3. The zero-order chi connectivity index (χ0) is 20.2. The fourth-order valence-corrected chi connectivity index (χ4v) is 3.89. The third kappa shape index (κ3) is 3.91. The Morgan fingerprint density at radius 1 is 0.767 bits per heavy atom. The van der Waals surface area contributed by atoms with Crippen LogP contribution in [-0.4, -0.2) is 15.0 Å². The second-order valence-electron chi connectivity index (χ2n) is 7.52. The van der Waals surface area contributed by atoms with E-state index in [4.69, 9.17) is 4.98 Å². The van der Waals surface area contributed by atoms with E-state index in [2.05, 4.69) is 82.1 Å². The van der Waals surface area contributed by atoms with Gasteiger partial charge in [-0.3, -0.25) is 0 Å². The third-order valence-electron chi connectivity index (χ3n) is 5.49. The van der Waals surface area contributed by atoms with E-state index in [0.29, 0.717) is 0 Å². The Kier molecular flexibility index (Phi) is 5.15. The predicted molar refractivity (Wildman–Crippen MR) is 122 cm³/mol. The Morgan fingerprint density at radius 2 is 1.50 bits per heavy atom. The molecule has 0 unspecified atom stereocenters. The van der Waals surface area contributed by atoms with Crippen molar-refractivity contribution in [1.82, 2.24) is 20.3 Å². The molecule has 1 atom stereocenters. The summed E-state index contributed by atoms with van der Waals surface area (Å²) < 4.78 is 0. The molecule has 0 radical (unpaired) electrons. The van der Waals surface area contributed by atoms with Crippen LogP contribution in [0.25, 0.3) is 22.2 Å². The van der Waals surface area contributed by atoms with Crippen molar-refractivity contribution in [1.29, 1.82) is 0 Å². The van der Waals surface area contributed by atoms with Crippen molar-refractivity contribution in [2.45, 2.75) is 19.0 Å². The van der Waals surface area contributed by atoms with Crippen molar-refractivity contribution >= 4 is 10.9 Å². The van der Waals surface area contributed by atoms with Crippen molar-refractivity contribution in [3.8, 4) is 11.3 Å². The molecule has 0 aliphatic carbocycles. The predicted octanol–water partition coefficient (Wildman–Crippen LogP) is 5.63. The molecule has 0 aliphatic rings. The summed E-state index contributed by atoms with van der Waals surface area (Å²) in [4.78, 5) is 11.7. The topological polar surface area (TPSA) is 56.5 Å². The van der Waals surface area contributed by atoms with Gasteiger partial charge in [0.05, 0.1) is 11.7 Å². The monoisotopic (exact) mass is 392 g/mol. The lowest BCUT2D eigenvalue weighted by Gasteiger charge is -2.17. The highest BCUT2D eigenvalue weighted by Gasteiger charge is 2.18. The number of aromatic nitrogens is 3. The van der Waals surface area contributed by atoms with E-state index in [0.717, 1.165) is 30.0 Å². The first kappa shape index (κ1) is 18.4. The second kappa shape index (κ2) is 8.39. The van der Waals surface area contributed by atoms with Gasteiger partial charge in [0.2, 0.25) is 0 Å². The fourth-order valence-electron chi connectivity index (χ4n) is 3.89. The minimum atomic E-state index is 0.0712. The maximum Gasteiger partial charge on any atom is 0.124 e. The fraction of sp³-hybridized carbons (Fsp3) is 0.115. The van der Waals surface area contributed by atoms with Gasteiger partial charge in [-0.1, -0.05) is 78.9 Å². The van der Waals surface area contributed by atoms with Crippen LogP contribution in [0.4, 0.5) is 0 Å². The summed E-state index contributed by atoms with van der Waals surface area (Å²) in [6.07, 6.45) is 4.96. The van der Waals surface area contributed by atoms with Crippen LogP contribution in [0.1, 0.15) is 23.0 Å². The van der Waals surface area contributed by atoms with Crippen LogP contribution in [0.5, 0.6) is 0 Å². The zero-order valence-electron chi connectivity index (χ0n) is 16.7. The first-order chi connectivity index (χ1) is 14.9. The Bertz CT molecular complexity index is 1220. The summed E-state index contributed by atoms with van der Waals surface area (Å²) in [5, 5.41) is 4.98. The number of aromatic amines is 2. The lowest BCUT2D eigenvalue weighted by molar-refractivity contribution is 0.510. The number of imidazole rings is 1. The third-order valence-corrected chi connectivity index (χ3v) is 5.49. The number of rotatable bonds is 7. The van der Waals surface area contributed by atoms with Gasteiger partial charge in [0.1, 0.15) is 5.82 Å². The maximum atomic E-state index is 4.93. The van der Waals surface area contributed by atoms with E-state index in [9.17, 15) is 0 Å². The number of hydrogen-bond acceptors (Lipinski definition) is 2. The molecule has 0 amide bonds. The summed E-state index contributed by atoms with van der Waals surface area (Å²) in [6, 6.07) is 29.3. The lowest BCUT2D eigenvalue weighted by Crippen LogP contribution is -2.24. The SMILES string of the molecule is c1ccc(CN[C@@H](Cc2c[nH]c3ccccc23)c2nc(-c3ccccc3)c[nH]2)cc1. The van der Waals surface area contributed by atoms with Crippen LogP contribution in [0, 0.1) is 0 Å². The normalized spacial score (nSPS) is 12.3. The Hall–Kier alpha value is -3.63. The number of H-pyrrole nitrogens is 2. The van der Waals surface area contributed by atoms with Crippen molar-refractivity contribution in [3.63, 3.8) is 0 Å². The summed E-state index contributed by atoms with van der Waals surface area (Å²) in [6.45, 7) is 0.787. The summed E-state index contributed by atoms with van der Waals surface area (Å²) in [5.41, 5.74) is 5.80. The quantitative estimate of drug-likeness (QED) is 0.336. The highest BCUT2D eigenvalue weighted by molar-refractivity contribution is 5.83. The molecule has 0 spiro atoms. The van der Waals surface area contributed by atoms with Gasteiger partial charge < -0.3 is 15.3 Å². The molecule has 0 saturated heterocycles. The van der Waals surface area contributed by atoms with Gasteiger partial charge in [-0.2, -0.15) is 0 Å². The van der Waals surface area contributed by atoms with Gasteiger partial charge in [0, 0.05) is 35.4 Å². The Balaban J connectivity index is 1.44. The number of para-hydroxylation sites is 1. The van der Waals surface area contributed by atoms with Crippen molar-refractivity contribution in [3.05, 3.63) is 114 Å². The minimum Gasteiger partial charge on any atom is -0.361 e. The van der Waals surface area contributed by atoms with E-state index in [1.807, 2.05) is 30.5 Å². The molecule has 0 saturated carbocycles. The molecule has 4 heteroatoms. The maximum absolute atomic E-state index is 4.93. The molecule has 2 heterocycles. The number of nitrogens with one attached hydrogen (secondary N) is 3. The molecule has 2 aromatic heterocycles. The van der Waals surface area contributed by atoms with Crippen LogP contribution < -0.4 is 5.32 Å². The van der Waals surface area contributed by atoms with E-state index >= 15 is 0 Å². The zero-order valence-corrected chi connectivity index (χ0v) is 16.7. The minimum absolute atomic E-state index is 0.0712.